The maximum absolute atomic E-state index is 12.4. The van der Waals surface area contributed by atoms with E-state index in [2.05, 4.69) is 4.98 Å². The van der Waals surface area contributed by atoms with E-state index in [1.807, 2.05) is 6.07 Å². The van der Waals surface area contributed by atoms with Crippen LogP contribution in [0.3, 0.4) is 0 Å². The van der Waals surface area contributed by atoms with Crippen LogP contribution in [0.2, 0.25) is 5.15 Å². The van der Waals surface area contributed by atoms with Crippen molar-refractivity contribution in [2.45, 2.75) is 31.2 Å². The third kappa shape index (κ3) is 3.19. The molecule has 0 aliphatic heterocycles. The quantitative estimate of drug-likeness (QED) is 0.777. The number of nitriles is 1. The number of pyridine rings is 1. The summed E-state index contributed by atoms with van der Waals surface area (Å²) in [6.07, 6.45) is 1.56. The van der Waals surface area contributed by atoms with Gasteiger partial charge >= 0.3 is 0 Å². The molecule has 0 saturated carbocycles. The molecule has 0 aliphatic rings. The van der Waals surface area contributed by atoms with Gasteiger partial charge < -0.3 is 0 Å². The minimum Gasteiger partial charge on any atom is -0.243 e. The third-order valence-corrected chi connectivity index (χ3v) is 4.85. The molecule has 7 heteroatoms. The van der Waals surface area contributed by atoms with Crippen molar-refractivity contribution in [1.29, 1.82) is 5.26 Å². The lowest BCUT2D eigenvalue weighted by Crippen LogP contribution is -2.37. The molecule has 0 amide bonds. The van der Waals surface area contributed by atoms with Crippen LogP contribution < -0.4 is 0 Å². The van der Waals surface area contributed by atoms with Gasteiger partial charge in [-0.1, -0.05) is 11.6 Å². The summed E-state index contributed by atoms with van der Waals surface area (Å²) in [6.45, 7) is 3.64. The summed E-state index contributed by atoms with van der Waals surface area (Å²) in [5.41, 5.74) is 0. The molecule has 0 saturated heterocycles. The number of halogens is 1. The van der Waals surface area contributed by atoms with Gasteiger partial charge in [0.2, 0.25) is 10.0 Å². The summed E-state index contributed by atoms with van der Waals surface area (Å²) in [5.74, 6) is 0. The molecule has 0 radical (unpaired) electrons. The monoisotopic (exact) mass is 287 g/mol. The zero-order valence-electron chi connectivity index (χ0n) is 10.2. The molecule has 0 unspecified atom stereocenters. The van der Waals surface area contributed by atoms with Crippen LogP contribution in [0.25, 0.3) is 0 Å². The van der Waals surface area contributed by atoms with Crippen LogP contribution >= 0.6 is 11.6 Å². The molecule has 1 aromatic heterocycles. The number of nitrogens with zero attached hydrogens (tertiary/aromatic N) is 3. The number of rotatable bonds is 5. The summed E-state index contributed by atoms with van der Waals surface area (Å²) < 4.78 is 26.0. The summed E-state index contributed by atoms with van der Waals surface area (Å²) in [5, 5.41) is 8.52. The standard InChI is InChI=1S/C11H14ClN3O2S/c1-9(2)15(8-4-6-13)18(16,17)10-5-3-7-14-11(10)12/h3,5,7,9H,4,8H2,1-2H3. The smallest absolute Gasteiger partial charge is 0.243 e. The van der Waals surface area contributed by atoms with Gasteiger partial charge in [0.25, 0.3) is 0 Å². The molecular weight excluding hydrogens is 274 g/mol. The fourth-order valence-electron chi connectivity index (χ4n) is 1.51. The first-order valence-electron chi connectivity index (χ1n) is 5.40. The maximum atomic E-state index is 12.4. The van der Waals surface area contributed by atoms with Gasteiger partial charge in [0, 0.05) is 25.2 Å². The molecule has 0 spiro atoms. The molecule has 1 aromatic rings. The van der Waals surface area contributed by atoms with Crippen LogP contribution in [0.1, 0.15) is 20.3 Å². The van der Waals surface area contributed by atoms with E-state index in [1.54, 1.807) is 13.8 Å². The Labute approximate surface area is 112 Å². The van der Waals surface area contributed by atoms with Gasteiger partial charge in [0.15, 0.2) is 0 Å². The van der Waals surface area contributed by atoms with Crippen molar-refractivity contribution >= 4 is 21.6 Å². The van der Waals surface area contributed by atoms with Crippen molar-refractivity contribution in [2.24, 2.45) is 0 Å². The molecular formula is C11H14ClN3O2S. The second-order valence-corrected chi connectivity index (χ2v) is 6.13. The summed E-state index contributed by atoms with van der Waals surface area (Å²) >= 11 is 5.81. The summed E-state index contributed by atoms with van der Waals surface area (Å²) in [6, 6.07) is 4.61. The lowest BCUT2D eigenvalue weighted by molar-refractivity contribution is 0.360. The first-order valence-corrected chi connectivity index (χ1v) is 7.22. The maximum Gasteiger partial charge on any atom is 0.246 e. The van der Waals surface area contributed by atoms with Gasteiger partial charge in [-0.25, -0.2) is 13.4 Å². The topological polar surface area (TPSA) is 74.1 Å². The van der Waals surface area contributed by atoms with E-state index >= 15 is 0 Å². The fourth-order valence-corrected chi connectivity index (χ4v) is 3.57. The molecule has 0 atom stereocenters. The van der Waals surface area contributed by atoms with E-state index in [1.165, 1.54) is 22.6 Å². The van der Waals surface area contributed by atoms with E-state index in [-0.39, 0.29) is 29.1 Å². The van der Waals surface area contributed by atoms with Crippen molar-refractivity contribution in [3.05, 3.63) is 23.5 Å². The SMILES string of the molecule is CC(C)N(CCC#N)S(=O)(=O)c1cccnc1Cl. The predicted molar refractivity (Wildman–Crippen MR) is 68.5 cm³/mol. The molecule has 0 fully saturated rings. The van der Waals surface area contributed by atoms with E-state index in [9.17, 15) is 8.42 Å². The Morgan fingerprint density at radius 2 is 2.22 bits per heavy atom. The average Bonchev–Trinajstić information content (AvgIpc) is 2.29. The first kappa shape index (κ1) is 14.9. The Bertz CT molecular complexity index is 552. The predicted octanol–water partition coefficient (Wildman–Crippen LogP) is 2.05. The Hall–Kier alpha value is -1.16. The number of hydrogen-bond donors (Lipinski definition) is 0. The Morgan fingerprint density at radius 1 is 1.56 bits per heavy atom. The number of aromatic nitrogens is 1. The molecule has 1 rings (SSSR count). The van der Waals surface area contributed by atoms with Crippen LogP contribution in [0.5, 0.6) is 0 Å². The summed E-state index contributed by atoms with van der Waals surface area (Å²) in [7, 11) is -3.72. The van der Waals surface area contributed by atoms with Crippen molar-refractivity contribution in [3.63, 3.8) is 0 Å². The van der Waals surface area contributed by atoms with Gasteiger partial charge in [-0.3, -0.25) is 0 Å². The highest BCUT2D eigenvalue weighted by Gasteiger charge is 2.28. The van der Waals surface area contributed by atoms with E-state index in [0.717, 1.165) is 0 Å². The highest BCUT2D eigenvalue weighted by atomic mass is 35.5. The van der Waals surface area contributed by atoms with E-state index < -0.39 is 10.0 Å². The van der Waals surface area contributed by atoms with Gasteiger partial charge in [0.05, 0.1) is 6.07 Å². The van der Waals surface area contributed by atoms with E-state index in [0.29, 0.717) is 0 Å². The first-order chi connectivity index (χ1) is 8.41. The van der Waals surface area contributed by atoms with Gasteiger partial charge in [-0.15, -0.1) is 0 Å². The molecule has 1 heterocycles. The van der Waals surface area contributed by atoms with Crippen molar-refractivity contribution < 1.29 is 8.42 Å². The van der Waals surface area contributed by atoms with Gasteiger partial charge in [-0.2, -0.15) is 9.57 Å². The molecule has 0 N–H and O–H groups in total. The number of hydrogen-bond acceptors (Lipinski definition) is 4. The lowest BCUT2D eigenvalue weighted by atomic mass is 10.3. The number of sulfonamides is 1. The normalized spacial score (nSPS) is 11.8. The highest BCUT2D eigenvalue weighted by molar-refractivity contribution is 7.89. The van der Waals surface area contributed by atoms with Crippen LogP contribution in [0.4, 0.5) is 0 Å². The van der Waals surface area contributed by atoms with Crippen LogP contribution in [-0.2, 0) is 10.0 Å². The zero-order chi connectivity index (χ0) is 13.8. The third-order valence-electron chi connectivity index (χ3n) is 2.33. The van der Waals surface area contributed by atoms with Gasteiger partial charge in [0.1, 0.15) is 10.0 Å². The Morgan fingerprint density at radius 3 is 2.72 bits per heavy atom. The Kier molecular flexibility index (Phi) is 5.08. The molecule has 0 bridgehead atoms. The largest absolute Gasteiger partial charge is 0.246 e. The fraction of sp³-hybridized carbons (Fsp3) is 0.455. The lowest BCUT2D eigenvalue weighted by Gasteiger charge is -2.25. The van der Waals surface area contributed by atoms with Crippen molar-refractivity contribution in [3.8, 4) is 6.07 Å². The van der Waals surface area contributed by atoms with Gasteiger partial charge in [-0.05, 0) is 26.0 Å². The molecule has 0 aliphatic carbocycles. The molecule has 0 aromatic carbocycles. The highest BCUT2D eigenvalue weighted by Crippen LogP contribution is 2.23. The van der Waals surface area contributed by atoms with Crippen LogP contribution in [0, 0.1) is 11.3 Å². The molecule has 5 nitrogen and oxygen atoms in total. The second kappa shape index (κ2) is 6.14. The second-order valence-electron chi connectivity index (χ2n) is 3.91. The van der Waals surface area contributed by atoms with Crippen molar-refractivity contribution in [2.75, 3.05) is 6.54 Å². The average molecular weight is 288 g/mol. The molecule has 18 heavy (non-hydrogen) atoms. The van der Waals surface area contributed by atoms with Crippen LogP contribution in [0.15, 0.2) is 23.2 Å². The van der Waals surface area contributed by atoms with E-state index in [4.69, 9.17) is 16.9 Å². The van der Waals surface area contributed by atoms with Crippen molar-refractivity contribution in [1.82, 2.24) is 9.29 Å². The minimum absolute atomic E-state index is 0.0293. The molecule has 98 valence electrons. The van der Waals surface area contributed by atoms with Crippen LogP contribution in [-0.4, -0.2) is 30.3 Å². The minimum atomic E-state index is -3.72. The summed E-state index contributed by atoms with van der Waals surface area (Å²) in [4.78, 5) is 3.73. The Balaban J connectivity index is 3.19. The zero-order valence-corrected chi connectivity index (χ0v) is 11.7.